The zero-order valence-corrected chi connectivity index (χ0v) is 16.1. The second kappa shape index (κ2) is 7.64. The molecule has 0 aliphatic heterocycles. The van der Waals surface area contributed by atoms with Crippen molar-refractivity contribution in [1.82, 2.24) is 14.8 Å². The average molecular weight is 390 g/mol. The van der Waals surface area contributed by atoms with E-state index in [9.17, 15) is 4.79 Å². The first-order chi connectivity index (χ1) is 14.8. The van der Waals surface area contributed by atoms with Crippen molar-refractivity contribution >= 4 is 22.6 Å². The Morgan fingerprint density at radius 1 is 0.800 bits per heavy atom. The Kier molecular flexibility index (Phi) is 4.54. The largest absolute Gasteiger partial charge is 0.305 e. The van der Waals surface area contributed by atoms with Crippen molar-refractivity contribution in [2.75, 3.05) is 5.32 Å². The fraction of sp³-hybridized carbons (Fsp3) is 0. The molecule has 3 aromatic carbocycles. The van der Waals surface area contributed by atoms with Crippen molar-refractivity contribution in [2.24, 2.45) is 0 Å². The number of para-hydroxylation sites is 2. The summed E-state index contributed by atoms with van der Waals surface area (Å²) in [6, 6.07) is 30.9. The van der Waals surface area contributed by atoms with Crippen molar-refractivity contribution in [2.45, 2.75) is 0 Å². The topological polar surface area (TPSA) is 59.8 Å². The van der Waals surface area contributed by atoms with E-state index in [0.717, 1.165) is 27.8 Å². The molecule has 0 unspecified atom stereocenters. The van der Waals surface area contributed by atoms with Gasteiger partial charge in [0, 0.05) is 23.2 Å². The lowest BCUT2D eigenvalue weighted by Crippen LogP contribution is -2.14. The van der Waals surface area contributed by atoms with Crippen LogP contribution in [-0.2, 0) is 0 Å². The van der Waals surface area contributed by atoms with Gasteiger partial charge in [0.25, 0.3) is 5.91 Å². The monoisotopic (exact) mass is 390 g/mol. The zero-order valence-electron chi connectivity index (χ0n) is 16.1. The van der Waals surface area contributed by atoms with Gasteiger partial charge in [-0.15, -0.1) is 0 Å². The van der Waals surface area contributed by atoms with Gasteiger partial charge in [0.15, 0.2) is 5.82 Å². The Bertz CT molecular complexity index is 1330. The van der Waals surface area contributed by atoms with Crippen LogP contribution >= 0.6 is 0 Å². The normalized spacial score (nSPS) is 10.8. The van der Waals surface area contributed by atoms with Gasteiger partial charge in [-0.25, -0.2) is 9.67 Å². The quantitative estimate of drug-likeness (QED) is 0.451. The molecule has 0 aliphatic carbocycles. The van der Waals surface area contributed by atoms with Crippen molar-refractivity contribution < 1.29 is 4.79 Å². The van der Waals surface area contributed by atoms with Gasteiger partial charge in [0.1, 0.15) is 0 Å². The first kappa shape index (κ1) is 17.8. The second-order valence-corrected chi connectivity index (χ2v) is 6.87. The van der Waals surface area contributed by atoms with Crippen LogP contribution in [0.3, 0.4) is 0 Å². The van der Waals surface area contributed by atoms with Crippen LogP contribution in [0.1, 0.15) is 10.4 Å². The Labute approximate surface area is 173 Å². The van der Waals surface area contributed by atoms with E-state index in [1.165, 1.54) is 0 Å². The molecule has 2 aromatic heterocycles. The van der Waals surface area contributed by atoms with E-state index < -0.39 is 0 Å². The highest BCUT2D eigenvalue weighted by atomic mass is 16.1. The molecule has 144 valence electrons. The highest BCUT2D eigenvalue weighted by molar-refractivity contribution is 6.12. The molecule has 5 heteroatoms. The molecule has 5 rings (SSSR count). The van der Waals surface area contributed by atoms with E-state index in [4.69, 9.17) is 4.98 Å². The van der Waals surface area contributed by atoms with Crippen LogP contribution in [0, 0.1) is 0 Å². The Morgan fingerprint density at radius 2 is 1.50 bits per heavy atom. The van der Waals surface area contributed by atoms with Crippen molar-refractivity contribution in [3.05, 3.63) is 109 Å². The lowest BCUT2D eigenvalue weighted by molar-refractivity contribution is 0.102. The van der Waals surface area contributed by atoms with Gasteiger partial charge in [-0.1, -0.05) is 66.7 Å². The molecule has 5 nitrogen and oxygen atoms in total. The number of hydrogen-bond donors (Lipinski definition) is 1. The summed E-state index contributed by atoms with van der Waals surface area (Å²) in [7, 11) is 0. The van der Waals surface area contributed by atoms with Crippen LogP contribution in [0.25, 0.3) is 27.8 Å². The highest BCUT2D eigenvalue weighted by Crippen LogP contribution is 2.25. The van der Waals surface area contributed by atoms with Gasteiger partial charge >= 0.3 is 0 Å². The van der Waals surface area contributed by atoms with Gasteiger partial charge in [-0.3, -0.25) is 4.79 Å². The Balaban J connectivity index is 1.51. The van der Waals surface area contributed by atoms with E-state index in [2.05, 4.69) is 10.4 Å². The third-order valence-corrected chi connectivity index (χ3v) is 4.88. The van der Waals surface area contributed by atoms with Crippen LogP contribution in [-0.4, -0.2) is 20.7 Å². The zero-order chi connectivity index (χ0) is 20.3. The summed E-state index contributed by atoms with van der Waals surface area (Å²) >= 11 is 0. The minimum absolute atomic E-state index is 0.218. The smallest absolute Gasteiger partial charge is 0.257 e. The standard InChI is InChI=1S/C25H18N4O/c30-25(27-24-15-16-29(28-24)19-11-5-2-6-12-19)21-17-23(18-9-3-1-4-10-18)26-22-14-8-7-13-20(21)22/h1-17H,(H,27,28,30). The maximum atomic E-state index is 13.2. The lowest BCUT2D eigenvalue weighted by Gasteiger charge is -2.10. The molecule has 5 aromatic rings. The number of rotatable bonds is 4. The summed E-state index contributed by atoms with van der Waals surface area (Å²) in [6.07, 6.45) is 1.82. The number of pyridine rings is 1. The summed E-state index contributed by atoms with van der Waals surface area (Å²) in [4.78, 5) is 17.9. The number of anilines is 1. The summed E-state index contributed by atoms with van der Waals surface area (Å²) in [6.45, 7) is 0. The average Bonchev–Trinajstić information content (AvgIpc) is 3.28. The maximum absolute atomic E-state index is 13.2. The number of benzene rings is 3. The summed E-state index contributed by atoms with van der Waals surface area (Å²) in [5.74, 6) is 0.273. The molecule has 1 amide bonds. The number of carbonyl (C=O) groups is 1. The Morgan fingerprint density at radius 3 is 2.30 bits per heavy atom. The van der Waals surface area contributed by atoms with Gasteiger partial charge in [0.2, 0.25) is 0 Å². The van der Waals surface area contributed by atoms with Crippen molar-refractivity contribution in [3.8, 4) is 16.9 Å². The predicted molar refractivity (Wildman–Crippen MR) is 119 cm³/mol. The molecule has 0 fully saturated rings. The number of nitrogens with zero attached hydrogens (tertiary/aromatic N) is 3. The van der Waals surface area contributed by atoms with Crippen LogP contribution in [0.2, 0.25) is 0 Å². The van der Waals surface area contributed by atoms with E-state index >= 15 is 0 Å². The molecule has 1 N–H and O–H groups in total. The fourth-order valence-corrected chi connectivity index (χ4v) is 3.42. The van der Waals surface area contributed by atoms with Crippen molar-refractivity contribution in [3.63, 3.8) is 0 Å². The number of carbonyl (C=O) groups excluding carboxylic acids is 1. The fourth-order valence-electron chi connectivity index (χ4n) is 3.42. The van der Waals surface area contributed by atoms with Gasteiger partial charge in [0.05, 0.1) is 22.5 Å². The third-order valence-electron chi connectivity index (χ3n) is 4.88. The molecule has 0 radical (unpaired) electrons. The van der Waals surface area contributed by atoms with Crippen LogP contribution in [0.4, 0.5) is 5.82 Å². The third kappa shape index (κ3) is 3.44. The van der Waals surface area contributed by atoms with Gasteiger partial charge < -0.3 is 5.32 Å². The molecule has 0 saturated carbocycles. The maximum Gasteiger partial charge on any atom is 0.257 e. The number of hydrogen-bond acceptors (Lipinski definition) is 3. The summed E-state index contributed by atoms with van der Waals surface area (Å²) in [5.41, 5.74) is 3.99. The molecule has 0 aliphatic rings. The van der Waals surface area contributed by atoms with Crippen LogP contribution in [0.5, 0.6) is 0 Å². The minimum atomic E-state index is -0.218. The predicted octanol–water partition coefficient (Wildman–Crippen LogP) is 5.34. The van der Waals surface area contributed by atoms with E-state index in [-0.39, 0.29) is 5.91 Å². The molecule has 30 heavy (non-hydrogen) atoms. The highest BCUT2D eigenvalue weighted by Gasteiger charge is 2.15. The van der Waals surface area contributed by atoms with Gasteiger partial charge in [-0.05, 0) is 24.3 Å². The van der Waals surface area contributed by atoms with E-state index in [1.807, 2.05) is 97.2 Å². The molecule has 0 spiro atoms. The number of nitrogens with one attached hydrogen (secondary N) is 1. The molecular formula is C25H18N4O. The molecule has 2 heterocycles. The Hall–Kier alpha value is -4.25. The summed E-state index contributed by atoms with van der Waals surface area (Å²) in [5, 5.41) is 8.20. The van der Waals surface area contributed by atoms with E-state index in [0.29, 0.717) is 11.4 Å². The summed E-state index contributed by atoms with van der Waals surface area (Å²) < 4.78 is 1.73. The molecule has 0 saturated heterocycles. The minimum Gasteiger partial charge on any atom is -0.305 e. The second-order valence-electron chi connectivity index (χ2n) is 6.87. The molecular weight excluding hydrogens is 372 g/mol. The van der Waals surface area contributed by atoms with Gasteiger partial charge in [-0.2, -0.15) is 5.10 Å². The van der Waals surface area contributed by atoms with E-state index in [1.54, 1.807) is 10.7 Å². The first-order valence-electron chi connectivity index (χ1n) is 9.65. The molecule has 0 bridgehead atoms. The SMILES string of the molecule is O=C(Nc1ccn(-c2ccccc2)n1)c1cc(-c2ccccc2)nc2ccccc12. The number of aromatic nitrogens is 3. The van der Waals surface area contributed by atoms with Crippen LogP contribution < -0.4 is 5.32 Å². The molecule has 0 atom stereocenters. The lowest BCUT2D eigenvalue weighted by atomic mass is 10.0. The number of fused-ring (bicyclic) bond motifs is 1. The van der Waals surface area contributed by atoms with Crippen LogP contribution in [0.15, 0.2) is 103 Å². The number of amides is 1. The van der Waals surface area contributed by atoms with Crippen molar-refractivity contribution in [1.29, 1.82) is 0 Å². The first-order valence-corrected chi connectivity index (χ1v) is 9.65.